The lowest BCUT2D eigenvalue weighted by atomic mass is 9.99. The minimum Gasteiger partial charge on any atom is -0.448 e. The third-order valence-corrected chi connectivity index (χ3v) is 24.4. The molecule has 0 saturated carbocycles. The summed E-state index contributed by atoms with van der Waals surface area (Å²) in [6.07, 6.45) is 0.577. The van der Waals surface area contributed by atoms with Crippen molar-refractivity contribution >= 4 is 164 Å². The van der Waals surface area contributed by atoms with Crippen LogP contribution in [-0.2, 0) is 19.6 Å². The van der Waals surface area contributed by atoms with E-state index in [0.29, 0.717) is 132 Å². The number of amides is 3. The molecule has 15 rings (SSSR count). The van der Waals surface area contributed by atoms with Crippen molar-refractivity contribution in [3.8, 4) is 12.1 Å². The standard InChI is InChI=1S/C31H30ClN5O3S.C30H28ClN5O3S.C29H28Cl2N4O3S/c1-18(2)27(36(14-4-13-33)30(38)20-7-5-19(3)6-8-20)29-35-26-24-15-21(32)9-12-25(24)40-28(26)31(39)37(29)17-23-11-10-22(16-34)41-23;1-17(2)26(35(13-12-32)29(37)19-6-4-18(3)5-7-19)28-34-25-23-14-20(31)8-11-24(23)39-27(25)30(38)36(28)16-22-10-9-21(15-33)40-22;1-16(2)25(34(13-12-32)28(36)18-6-4-17(3)5-7-18)27-33-24-21-14-19(30)8-10-22(21)38-26(24)29(37)35(27)15-20-9-11-23(31)39-20/h5-12,15,18,27H,4,13-14,17,33H2,1-3H3;4-11,14,17,26H,12-13,16,32H2,1-3H3;4-11,14,16,25H,12-13,15,32H2,1-3H3. The summed E-state index contributed by atoms with van der Waals surface area (Å²) in [4.78, 5) is 108. The van der Waals surface area contributed by atoms with Crippen molar-refractivity contribution in [2.75, 3.05) is 39.3 Å². The van der Waals surface area contributed by atoms with Crippen LogP contribution in [-0.4, -0.2) is 100 Å². The van der Waals surface area contributed by atoms with Gasteiger partial charge in [0.05, 0.1) is 42.1 Å². The normalized spacial score (nSPS) is 12.3. The fraction of sp³-hybridized carbons (Fsp3) is 0.278. The second-order valence-corrected chi connectivity index (χ2v) is 35.6. The maximum atomic E-state index is 14.1. The van der Waals surface area contributed by atoms with Crippen molar-refractivity contribution in [1.29, 1.82) is 10.5 Å². The summed E-state index contributed by atoms with van der Waals surface area (Å²) < 4.78 is 23.3. The summed E-state index contributed by atoms with van der Waals surface area (Å²) in [6, 6.07) is 51.1. The molecule has 0 spiro atoms. The number of aromatic nitrogens is 6. The van der Waals surface area contributed by atoms with Crippen LogP contribution in [0, 0.1) is 61.2 Å². The lowest BCUT2D eigenvalue weighted by Gasteiger charge is -2.35. The van der Waals surface area contributed by atoms with E-state index in [1.54, 1.807) is 113 Å². The highest BCUT2D eigenvalue weighted by Gasteiger charge is 2.38. The van der Waals surface area contributed by atoms with Crippen molar-refractivity contribution in [2.45, 2.75) is 106 Å². The monoisotopic (exact) mass is 1740 g/mol. The Morgan fingerprint density at radius 3 is 0.983 bits per heavy atom. The topological polar surface area (TPSA) is 331 Å². The predicted octanol–water partition coefficient (Wildman–Crippen LogP) is 18.8. The zero-order valence-electron chi connectivity index (χ0n) is 67.2. The van der Waals surface area contributed by atoms with Gasteiger partial charge in [0.2, 0.25) is 16.7 Å². The van der Waals surface area contributed by atoms with E-state index in [9.17, 15) is 39.3 Å². The van der Waals surface area contributed by atoms with Gasteiger partial charge in [0, 0.05) is 95.3 Å². The molecule has 0 bridgehead atoms. The van der Waals surface area contributed by atoms with Crippen LogP contribution in [0.15, 0.2) is 191 Å². The van der Waals surface area contributed by atoms with Gasteiger partial charge in [-0.3, -0.25) is 42.5 Å². The fourth-order valence-electron chi connectivity index (χ4n) is 14.8. The molecule has 23 nitrogen and oxygen atoms in total. The molecule has 3 atom stereocenters. The Morgan fingerprint density at radius 2 is 0.717 bits per heavy atom. The molecule has 0 aliphatic heterocycles. The van der Waals surface area contributed by atoms with Crippen molar-refractivity contribution in [3.05, 3.63) is 289 Å². The zero-order valence-corrected chi connectivity index (χ0v) is 72.7. The van der Waals surface area contributed by atoms with Crippen LogP contribution in [0.25, 0.3) is 66.2 Å². The number of hydrogen-bond acceptors (Lipinski definition) is 20. The van der Waals surface area contributed by atoms with Crippen LogP contribution in [0.5, 0.6) is 0 Å². The van der Waals surface area contributed by atoms with Crippen LogP contribution in [0.3, 0.4) is 0 Å². The Balaban J connectivity index is 0.000000156. The van der Waals surface area contributed by atoms with Gasteiger partial charge in [-0.05, 0) is 179 Å². The highest BCUT2D eigenvalue weighted by Crippen LogP contribution is 2.39. The van der Waals surface area contributed by atoms with Crippen LogP contribution >= 0.6 is 80.4 Å². The van der Waals surface area contributed by atoms with Crippen molar-refractivity contribution in [1.82, 2.24) is 43.4 Å². The average molecular weight is 1750 g/mol. The first-order valence-electron chi connectivity index (χ1n) is 38.9. The van der Waals surface area contributed by atoms with Gasteiger partial charge < -0.3 is 45.2 Å². The molecule has 3 unspecified atom stereocenters. The minimum absolute atomic E-state index is 0.102. The summed E-state index contributed by atoms with van der Waals surface area (Å²) in [5.74, 6) is 0.404. The highest BCUT2D eigenvalue weighted by atomic mass is 35.5. The Morgan fingerprint density at radius 1 is 0.417 bits per heavy atom. The van der Waals surface area contributed by atoms with Crippen molar-refractivity contribution in [2.24, 2.45) is 35.0 Å². The number of rotatable bonds is 25. The first-order chi connectivity index (χ1) is 57.6. The number of furan rings is 3. The molecule has 6 aromatic carbocycles. The molecule has 0 aliphatic carbocycles. The third-order valence-electron chi connectivity index (χ3n) is 20.5. The lowest BCUT2D eigenvalue weighted by molar-refractivity contribution is 0.0599. The maximum Gasteiger partial charge on any atom is 0.297 e. The SMILES string of the molecule is Cc1ccc(C(=O)N(CCCN)C(c2nc3c(oc4ccc(Cl)cc43)c(=O)n2Cc2ccc(C#N)s2)C(C)C)cc1.Cc1ccc(C(=O)N(CCN)C(c2nc3c(oc4ccc(Cl)cc43)c(=O)n2Cc2ccc(C#N)s2)C(C)C)cc1.Cc1ccc(C(=O)N(CCN)C(c2nc3c(oc4ccc(Cl)cc43)c(=O)n2Cc2ccc(Cl)s2)C(C)C)cc1. The van der Waals surface area contributed by atoms with Crippen molar-refractivity contribution in [3.63, 3.8) is 0 Å². The smallest absolute Gasteiger partial charge is 0.297 e. The minimum atomic E-state index is -0.589. The number of halogens is 4. The molecule has 0 radical (unpaired) electrons. The number of fused-ring (bicyclic) bond motifs is 9. The van der Waals surface area contributed by atoms with E-state index in [1.807, 2.05) is 141 Å². The second kappa shape index (κ2) is 37.7. The van der Waals surface area contributed by atoms with Gasteiger partial charge in [-0.1, -0.05) is 141 Å². The number of benzene rings is 6. The third kappa shape index (κ3) is 18.4. The molecular formula is C90H86Cl4N14O9S3. The predicted molar refractivity (Wildman–Crippen MR) is 478 cm³/mol. The van der Waals surface area contributed by atoms with E-state index in [4.69, 9.17) is 91.8 Å². The van der Waals surface area contributed by atoms with E-state index in [2.05, 4.69) is 12.1 Å². The number of thiophene rings is 3. The Bertz CT molecular complexity index is 6620. The van der Waals surface area contributed by atoms with Gasteiger partial charge in [0.1, 0.15) is 72.7 Å². The summed E-state index contributed by atoms with van der Waals surface area (Å²) in [6.45, 7) is 20.3. The van der Waals surface area contributed by atoms with Gasteiger partial charge in [-0.25, -0.2) is 15.0 Å². The summed E-state index contributed by atoms with van der Waals surface area (Å²) >= 11 is 29.1. The van der Waals surface area contributed by atoms with Gasteiger partial charge in [0.15, 0.2) is 0 Å². The van der Waals surface area contributed by atoms with E-state index in [1.165, 1.54) is 34.0 Å². The second-order valence-electron chi connectivity index (χ2n) is 30.2. The molecule has 0 saturated heterocycles. The molecule has 3 amide bonds. The number of aryl methyl sites for hydroxylation is 3. The number of hydrogen-bond donors (Lipinski definition) is 3. The average Bonchev–Trinajstić information content (AvgIpc) is 1.57. The quantitative estimate of drug-likeness (QED) is 0.0478. The number of carbonyl (C=O) groups excluding carboxylic acids is 3. The van der Waals surface area contributed by atoms with Gasteiger partial charge >= 0.3 is 0 Å². The summed E-state index contributed by atoms with van der Waals surface area (Å²) in [5.41, 5.74) is 24.7. The number of nitriles is 2. The number of nitrogens with zero attached hydrogens (tertiary/aromatic N) is 11. The molecule has 15 aromatic rings. The molecular weight excluding hydrogens is 1660 g/mol. The molecule has 30 heteroatoms. The molecule has 616 valence electrons. The number of carbonyl (C=O) groups is 3. The van der Waals surface area contributed by atoms with Crippen LogP contribution in [0.4, 0.5) is 0 Å². The summed E-state index contributed by atoms with van der Waals surface area (Å²) in [5, 5.41) is 22.1. The first-order valence-corrected chi connectivity index (χ1v) is 42.9. The summed E-state index contributed by atoms with van der Waals surface area (Å²) in [7, 11) is 0. The largest absolute Gasteiger partial charge is 0.448 e. The van der Waals surface area contributed by atoms with E-state index in [0.717, 1.165) is 31.3 Å². The molecule has 9 aromatic heterocycles. The fourth-order valence-corrected chi connectivity index (χ4v) is 18.0. The number of nitrogens with two attached hydrogens (primary N) is 3. The van der Waals surface area contributed by atoms with E-state index in [-0.39, 0.29) is 115 Å². The van der Waals surface area contributed by atoms with Crippen LogP contribution in [0.2, 0.25) is 19.4 Å². The van der Waals surface area contributed by atoms with Gasteiger partial charge in [0.25, 0.3) is 34.4 Å². The van der Waals surface area contributed by atoms with Crippen LogP contribution in [0.1, 0.15) is 156 Å². The zero-order chi connectivity index (χ0) is 85.7. The lowest BCUT2D eigenvalue weighted by Crippen LogP contribution is -2.43. The Labute approximate surface area is 722 Å². The molecule has 0 aliphatic rings. The van der Waals surface area contributed by atoms with Crippen LogP contribution < -0.4 is 33.9 Å². The van der Waals surface area contributed by atoms with Gasteiger partial charge in [-0.2, -0.15) is 10.5 Å². The van der Waals surface area contributed by atoms with E-state index < -0.39 is 18.1 Å². The van der Waals surface area contributed by atoms with Crippen molar-refractivity contribution < 1.29 is 27.6 Å². The Kier molecular flexibility index (Phi) is 27.2. The molecule has 120 heavy (non-hydrogen) atoms. The van der Waals surface area contributed by atoms with E-state index >= 15 is 0 Å². The molecule has 6 N–H and O–H groups in total. The maximum absolute atomic E-state index is 14.1. The Hall–Kier alpha value is -11.1. The highest BCUT2D eigenvalue weighted by molar-refractivity contribution is 7.16. The first kappa shape index (κ1) is 86.7. The van der Waals surface area contributed by atoms with Gasteiger partial charge in [-0.15, -0.1) is 34.0 Å². The molecule has 0 fully saturated rings. The molecule has 9 heterocycles.